The number of nitrogens with two attached hydrogens (primary N) is 1. The van der Waals surface area contributed by atoms with Crippen molar-refractivity contribution in [3.63, 3.8) is 0 Å². The number of hydrogen-bond donors (Lipinski definition) is 1. The van der Waals surface area contributed by atoms with Crippen LogP contribution in [0, 0.1) is 17.0 Å². The SMILES string of the molecule is CCCc1ccc(-c2nc(N)nc(C)c2[N+](=O)[O-])cc1. The van der Waals surface area contributed by atoms with Crippen LogP contribution in [0.4, 0.5) is 11.6 Å². The number of anilines is 1. The van der Waals surface area contributed by atoms with E-state index >= 15 is 0 Å². The Balaban J connectivity index is 2.53. The number of rotatable bonds is 4. The summed E-state index contributed by atoms with van der Waals surface area (Å²) in [5.74, 6) is 0.0423. The highest BCUT2D eigenvalue weighted by Crippen LogP contribution is 2.30. The zero-order valence-electron chi connectivity index (χ0n) is 11.5. The molecule has 0 aliphatic rings. The van der Waals surface area contributed by atoms with Crippen LogP contribution in [0.1, 0.15) is 24.6 Å². The fourth-order valence-corrected chi connectivity index (χ4v) is 2.13. The van der Waals surface area contributed by atoms with Gasteiger partial charge in [-0.1, -0.05) is 37.6 Å². The first-order valence-electron chi connectivity index (χ1n) is 6.40. The van der Waals surface area contributed by atoms with Crippen molar-refractivity contribution in [3.8, 4) is 11.3 Å². The van der Waals surface area contributed by atoms with E-state index in [9.17, 15) is 10.1 Å². The van der Waals surface area contributed by atoms with Gasteiger partial charge in [-0.05, 0) is 18.9 Å². The molecule has 0 saturated carbocycles. The normalized spacial score (nSPS) is 10.5. The van der Waals surface area contributed by atoms with E-state index in [2.05, 4.69) is 16.9 Å². The monoisotopic (exact) mass is 272 g/mol. The average molecular weight is 272 g/mol. The Labute approximate surface area is 116 Å². The molecule has 0 radical (unpaired) electrons. The molecule has 0 spiro atoms. The molecule has 1 aromatic carbocycles. The van der Waals surface area contributed by atoms with Gasteiger partial charge >= 0.3 is 5.69 Å². The maximum absolute atomic E-state index is 11.2. The van der Waals surface area contributed by atoms with Crippen LogP contribution in [0.25, 0.3) is 11.3 Å². The Morgan fingerprint density at radius 2 is 1.90 bits per heavy atom. The first-order valence-corrected chi connectivity index (χ1v) is 6.40. The van der Waals surface area contributed by atoms with Gasteiger partial charge in [0, 0.05) is 5.56 Å². The van der Waals surface area contributed by atoms with Gasteiger partial charge in [0.2, 0.25) is 5.95 Å². The van der Waals surface area contributed by atoms with Crippen LogP contribution in [0.2, 0.25) is 0 Å². The quantitative estimate of drug-likeness (QED) is 0.682. The first-order chi connectivity index (χ1) is 9.52. The van der Waals surface area contributed by atoms with Gasteiger partial charge in [0.15, 0.2) is 5.69 Å². The molecule has 104 valence electrons. The third-order valence-electron chi connectivity index (χ3n) is 3.02. The van der Waals surface area contributed by atoms with Crippen LogP contribution in [-0.4, -0.2) is 14.9 Å². The molecule has 2 N–H and O–H groups in total. The zero-order chi connectivity index (χ0) is 14.7. The molecular formula is C14H16N4O2. The van der Waals surface area contributed by atoms with Crippen molar-refractivity contribution in [1.29, 1.82) is 0 Å². The van der Waals surface area contributed by atoms with Crippen LogP contribution in [0.3, 0.4) is 0 Å². The number of aromatic nitrogens is 2. The van der Waals surface area contributed by atoms with Crippen molar-refractivity contribution in [2.75, 3.05) is 5.73 Å². The van der Waals surface area contributed by atoms with Crippen LogP contribution >= 0.6 is 0 Å². The second kappa shape index (κ2) is 5.64. The summed E-state index contributed by atoms with van der Waals surface area (Å²) in [6.07, 6.45) is 2.03. The van der Waals surface area contributed by atoms with E-state index in [1.54, 1.807) is 6.92 Å². The van der Waals surface area contributed by atoms with Gasteiger partial charge in [-0.25, -0.2) is 9.97 Å². The Morgan fingerprint density at radius 1 is 1.25 bits per heavy atom. The summed E-state index contributed by atoms with van der Waals surface area (Å²) in [6.45, 7) is 3.67. The molecule has 1 heterocycles. The molecule has 1 aromatic heterocycles. The van der Waals surface area contributed by atoms with Gasteiger partial charge < -0.3 is 5.73 Å². The lowest BCUT2D eigenvalue weighted by Crippen LogP contribution is -2.04. The number of nitrogen functional groups attached to an aromatic ring is 1. The van der Waals surface area contributed by atoms with Crippen molar-refractivity contribution in [1.82, 2.24) is 9.97 Å². The standard InChI is InChI=1S/C14H16N4O2/c1-3-4-10-5-7-11(8-6-10)12-13(18(19)20)9(2)16-14(15)17-12/h5-8H,3-4H2,1-2H3,(H2,15,16,17). The van der Waals surface area contributed by atoms with E-state index < -0.39 is 4.92 Å². The number of aryl methyl sites for hydroxylation is 2. The maximum atomic E-state index is 11.2. The minimum Gasteiger partial charge on any atom is -0.368 e. The highest BCUT2D eigenvalue weighted by atomic mass is 16.6. The van der Waals surface area contributed by atoms with Crippen molar-refractivity contribution < 1.29 is 4.92 Å². The van der Waals surface area contributed by atoms with Gasteiger partial charge in [-0.15, -0.1) is 0 Å². The molecule has 0 fully saturated rings. The van der Waals surface area contributed by atoms with Gasteiger partial charge in [0.05, 0.1) is 4.92 Å². The maximum Gasteiger partial charge on any atom is 0.316 e. The number of benzene rings is 1. The highest BCUT2D eigenvalue weighted by molar-refractivity contribution is 5.71. The third-order valence-corrected chi connectivity index (χ3v) is 3.02. The second-order valence-corrected chi connectivity index (χ2v) is 4.57. The molecule has 0 unspecified atom stereocenters. The molecule has 2 rings (SSSR count). The molecule has 0 aliphatic heterocycles. The second-order valence-electron chi connectivity index (χ2n) is 4.57. The summed E-state index contributed by atoms with van der Waals surface area (Å²) < 4.78 is 0. The van der Waals surface area contributed by atoms with Crippen LogP contribution in [0.5, 0.6) is 0 Å². The predicted octanol–water partition coefficient (Wildman–Crippen LogP) is 2.89. The lowest BCUT2D eigenvalue weighted by atomic mass is 10.0. The molecule has 6 heteroatoms. The summed E-state index contributed by atoms with van der Waals surface area (Å²) in [4.78, 5) is 18.6. The molecule has 0 saturated heterocycles. The first kappa shape index (κ1) is 13.9. The summed E-state index contributed by atoms with van der Waals surface area (Å²) in [5, 5.41) is 11.2. The molecular weight excluding hydrogens is 256 g/mol. The Hall–Kier alpha value is -2.50. The van der Waals surface area contributed by atoms with E-state index in [-0.39, 0.29) is 23.0 Å². The molecule has 0 amide bonds. The van der Waals surface area contributed by atoms with E-state index in [1.165, 1.54) is 5.56 Å². The lowest BCUT2D eigenvalue weighted by molar-refractivity contribution is -0.385. The third kappa shape index (κ3) is 2.74. The summed E-state index contributed by atoms with van der Waals surface area (Å²) in [7, 11) is 0. The van der Waals surface area contributed by atoms with Crippen molar-refractivity contribution >= 4 is 11.6 Å². The largest absolute Gasteiger partial charge is 0.368 e. The fourth-order valence-electron chi connectivity index (χ4n) is 2.13. The smallest absolute Gasteiger partial charge is 0.316 e. The number of nitrogens with zero attached hydrogens (tertiary/aromatic N) is 3. The summed E-state index contributed by atoms with van der Waals surface area (Å²) >= 11 is 0. The van der Waals surface area contributed by atoms with E-state index in [0.29, 0.717) is 5.56 Å². The Bertz CT molecular complexity index is 638. The van der Waals surface area contributed by atoms with Crippen LogP contribution in [-0.2, 0) is 6.42 Å². The summed E-state index contributed by atoms with van der Waals surface area (Å²) in [6, 6.07) is 7.57. The Morgan fingerprint density at radius 3 is 2.45 bits per heavy atom. The molecule has 0 atom stereocenters. The van der Waals surface area contributed by atoms with E-state index in [0.717, 1.165) is 12.8 Å². The predicted molar refractivity (Wildman–Crippen MR) is 77.3 cm³/mol. The highest BCUT2D eigenvalue weighted by Gasteiger charge is 2.22. The topological polar surface area (TPSA) is 94.9 Å². The van der Waals surface area contributed by atoms with Gasteiger partial charge in [-0.3, -0.25) is 10.1 Å². The average Bonchev–Trinajstić information content (AvgIpc) is 2.38. The molecule has 0 aliphatic carbocycles. The molecule has 6 nitrogen and oxygen atoms in total. The number of hydrogen-bond acceptors (Lipinski definition) is 5. The minimum absolute atomic E-state index is 0.0423. The molecule has 2 aromatic rings. The summed E-state index contributed by atoms with van der Waals surface area (Å²) in [5.41, 5.74) is 7.91. The van der Waals surface area contributed by atoms with Gasteiger partial charge in [-0.2, -0.15) is 0 Å². The minimum atomic E-state index is -0.468. The molecule has 20 heavy (non-hydrogen) atoms. The fraction of sp³-hybridized carbons (Fsp3) is 0.286. The Kier molecular flexibility index (Phi) is 3.93. The van der Waals surface area contributed by atoms with Crippen molar-refractivity contribution in [2.45, 2.75) is 26.7 Å². The van der Waals surface area contributed by atoms with Crippen LogP contribution < -0.4 is 5.73 Å². The molecule has 0 bridgehead atoms. The van der Waals surface area contributed by atoms with E-state index in [1.807, 2.05) is 24.3 Å². The zero-order valence-corrected chi connectivity index (χ0v) is 11.5. The van der Waals surface area contributed by atoms with Crippen molar-refractivity contribution in [2.24, 2.45) is 0 Å². The lowest BCUT2D eigenvalue weighted by Gasteiger charge is -2.06. The van der Waals surface area contributed by atoms with Crippen molar-refractivity contribution in [3.05, 3.63) is 45.6 Å². The number of nitro groups is 1. The van der Waals surface area contributed by atoms with Crippen LogP contribution in [0.15, 0.2) is 24.3 Å². The van der Waals surface area contributed by atoms with Gasteiger partial charge in [0.25, 0.3) is 0 Å². The van der Waals surface area contributed by atoms with E-state index in [4.69, 9.17) is 5.73 Å². The van der Waals surface area contributed by atoms with Gasteiger partial charge in [0.1, 0.15) is 5.69 Å².